The van der Waals surface area contributed by atoms with E-state index in [1.165, 1.54) is 5.56 Å². The van der Waals surface area contributed by atoms with Gasteiger partial charge in [0.25, 0.3) is 11.1 Å². The number of rotatable bonds is 8. The zero-order chi connectivity index (χ0) is 24.8. The van der Waals surface area contributed by atoms with Crippen molar-refractivity contribution in [2.45, 2.75) is 39.7 Å². The molecule has 0 unspecified atom stereocenters. The van der Waals surface area contributed by atoms with Crippen LogP contribution < -0.4 is 9.47 Å². The number of thioether (sulfide) groups is 1. The molecule has 2 aliphatic heterocycles. The first-order valence-electron chi connectivity index (χ1n) is 11.9. The molecule has 0 aliphatic carbocycles. The van der Waals surface area contributed by atoms with Crippen LogP contribution in [-0.4, -0.2) is 53.1 Å². The molecule has 2 aromatic carbocycles. The van der Waals surface area contributed by atoms with Crippen LogP contribution in [0.4, 0.5) is 4.79 Å². The van der Waals surface area contributed by atoms with Gasteiger partial charge in [0.2, 0.25) is 5.91 Å². The van der Waals surface area contributed by atoms with Crippen LogP contribution in [-0.2, 0) is 16.2 Å². The summed E-state index contributed by atoms with van der Waals surface area (Å²) in [6.45, 7) is 5.95. The Morgan fingerprint density at radius 2 is 1.74 bits per heavy atom. The van der Waals surface area contributed by atoms with Crippen LogP contribution in [0.15, 0.2) is 47.4 Å². The minimum absolute atomic E-state index is 0.179. The van der Waals surface area contributed by atoms with Crippen molar-refractivity contribution in [3.05, 3.63) is 64.1 Å². The highest BCUT2D eigenvalue weighted by Gasteiger charge is 2.37. The van der Waals surface area contributed by atoms with Gasteiger partial charge in [-0.3, -0.25) is 19.3 Å². The fourth-order valence-electron chi connectivity index (χ4n) is 4.01. The molecule has 4 rings (SSSR count). The number of likely N-dealkylation sites (tertiary alicyclic amines) is 1. The van der Waals surface area contributed by atoms with E-state index in [2.05, 4.69) is 0 Å². The summed E-state index contributed by atoms with van der Waals surface area (Å²) < 4.78 is 11.7. The second-order valence-corrected chi connectivity index (χ2v) is 9.62. The summed E-state index contributed by atoms with van der Waals surface area (Å²) in [5.41, 5.74) is 2.95. The normalized spacial score (nSPS) is 17.3. The maximum atomic E-state index is 12.9. The van der Waals surface area contributed by atoms with Crippen LogP contribution in [0.1, 0.15) is 42.9 Å². The molecule has 0 saturated carbocycles. The molecule has 2 fully saturated rings. The minimum Gasteiger partial charge on any atom is -0.490 e. The minimum atomic E-state index is -0.442. The number of carbonyl (C=O) groups is 3. The first-order chi connectivity index (χ1) is 16.9. The highest BCUT2D eigenvalue weighted by molar-refractivity contribution is 8.18. The molecule has 0 spiro atoms. The Morgan fingerprint density at radius 3 is 2.46 bits per heavy atom. The van der Waals surface area contributed by atoms with Gasteiger partial charge in [-0.1, -0.05) is 35.9 Å². The predicted molar refractivity (Wildman–Crippen MR) is 136 cm³/mol. The van der Waals surface area contributed by atoms with Crippen LogP contribution in [0.2, 0.25) is 0 Å². The van der Waals surface area contributed by atoms with Gasteiger partial charge in [0.1, 0.15) is 13.2 Å². The zero-order valence-electron chi connectivity index (χ0n) is 20.1. The van der Waals surface area contributed by atoms with E-state index >= 15 is 0 Å². The van der Waals surface area contributed by atoms with Gasteiger partial charge >= 0.3 is 0 Å². The van der Waals surface area contributed by atoms with Crippen molar-refractivity contribution < 1.29 is 23.9 Å². The molecule has 0 bridgehead atoms. The molecule has 3 amide bonds. The molecule has 2 aliphatic rings. The van der Waals surface area contributed by atoms with E-state index in [4.69, 9.17) is 9.47 Å². The van der Waals surface area contributed by atoms with Crippen LogP contribution in [0.3, 0.4) is 0 Å². The van der Waals surface area contributed by atoms with Crippen LogP contribution in [0, 0.1) is 6.92 Å². The molecule has 0 atom stereocenters. The van der Waals surface area contributed by atoms with Crippen molar-refractivity contribution in [2.24, 2.45) is 0 Å². The Hall–Kier alpha value is -3.26. The van der Waals surface area contributed by atoms with E-state index in [1.807, 2.05) is 44.2 Å². The molecular formula is C27H30N2O5S. The number of benzene rings is 2. The van der Waals surface area contributed by atoms with E-state index in [-0.39, 0.29) is 17.4 Å². The topological polar surface area (TPSA) is 76.2 Å². The van der Waals surface area contributed by atoms with Crippen molar-refractivity contribution in [2.75, 3.05) is 26.2 Å². The lowest BCUT2D eigenvalue weighted by Crippen LogP contribution is -2.44. The van der Waals surface area contributed by atoms with Gasteiger partial charge in [-0.2, -0.15) is 0 Å². The molecule has 35 heavy (non-hydrogen) atoms. The van der Waals surface area contributed by atoms with E-state index in [0.717, 1.165) is 41.5 Å². The summed E-state index contributed by atoms with van der Waals surface area (Å²) in [6, 6.07) is 13.5. The molecular weight excluding hydrogens is 464 g/mol. The number of piperidine rings is 1. The highest BCUT2D eigenvalue weighted by Crippen LogP contribution is 2.35. The van der Waals surface area contributed by atoms with Gasteiger partial charge < -0.3 is 14.4 Å². The van der Waals surface area contributed by atoms with Crippen LogP contribution in [0.5, 0.6) is 11.5 Å². The number of amides is 3. The Labute approximate surface area is 210 Å². The number of nitrogens with zero attached hydrogens (tertiary/aromatic N) is 2. The van der Waals surface area contributed by atoms with Crippen LogP contribution in [0.25, 0.3) is 6.08 Å². The van der Waals surface area contributed by atoms with Gasteiger partial charge in [0, 0.05) is 13.1 Å². The summed E-state index contributed by atoms with van der Waals surface area (Å²) in [6.07, 6.45) is 4.68. The largest absolute Gasteiger partial charge is 0.490 e. The van der Waals surface area contributed by atoms with Gasteiger partial charge in [0.05, 0.1) is 11.5 Å². The maximum Gasteiger partial charge on any atom is 0.294 e. The van der Waals surface area contributed by atoms with E-state index in [9.17, 15) is 14.4 Å². The van der Waals surface area contributed by atoms with Gasteiger partial charge in [-0.15, -0.1) is 0 Å². The average molecular weight is 495 g/mol. The lowest BCUT2D eigenvalue weighted by Gasteiger charge is -2.27. The quantitative estimate of drug-likeness (QED) is 0.480. The summed E-state index contributed by atoms with van der Waals surface area (Å²) in [4.78, 5) is 41.0. The molecule has 184 valence electrons. The van der Waals surface area contributed by atoms with Crippen molar-refractivity contribution in [3.63, 3.8) is 0 Å². The third kappa shape index (κ3) is 6.25. The smallest absolute Gasteiger partial charge is 0.294 e. The molecule has 2 heterocycles. The van der Waals surface area contributed by atoms with Gasteiger partial charge in [-0.05, 0) is 74.2 Å². The fraction of sp³-hybridized carbons (Fsp3) is 0.370. The van der Waals surface area contributed by atoms with Gasteiger partial charge in [-0.25, -0.2) is 0 Å². The Kier molecular flexibility index (Phi) is 8.13. The number of hydrogen-bond acceptors (Lipinski definition) is 6. The first-order valence-corrected chi connectivity index (χ1v) is 12.7. The second kappa shape index (κ2) is 11.4. The Morgan fingerprint density at radius 1 is 1.00 bits per heavy atom. The number of carbonyl (C=O) groups excluding carboxylic acids is 3. The SMILES string of the molecule is CCOc1cc(/C=C2\SC(=O)N(CC(=O)N3CCCCC3)C2=O)ccc1OCc1ccc(C)cc1. The first kappa shape index (κ1) is 24.9. The third-order valence-corrected chi connectivity index (χ3v) is 6.86. The molecule has 2 aromatic rings. The lowest BCUT2D eigenvalue weighted by atomic mass is 10.1. The van der Waals surface area contributed by atoms with E-state index < -0.39 is 11.1 Å². The van der Waals surface area contributed by atoms with Crippen molar-refractivity contribution in [1.29, 1.82) is 0 Å². The summed E-state index contributed by atoms with van der Waals surface area (Å²) in [7, 11) is 0. The molecule has 2 saturated heterocycles. The molecule has 0 N–H and O–H groups in total. The molecule has 8 heteroatoms. The summed E-state index contributed by atoms with van der Waals surface area (Å²) in [5, 5.41) is -0.422. The van der Waals surface area contributed by atoms with E-state index in [0.29, 0.717) is 43.4 Å². The standard InChI is InChI=1S/C27H30N2O5S/c1-3-33-23-15-21(11-12-22(23)34-18-20-9-7-19(2)8-10-20)16-24-26(31)29(27(32)35-24)17-25(30)28-13-5-4-6-14-28/h7-12,15-16H,3-6,13-14,17-18H2,1-2H3/b24-16-. The number of aryl methyl sites for hydroxylation is 1. The maximum absolute atomic E-state index is 12.9. The number of hydrogen-bond donors (Lipinski definition) is 0. The van der Waals surface area contributed by atoms with Gasteiger partial charge in [0.15, 0.2) is 11.5 Å². The molecule has 0 aromatic heterocycles. The van der Waals surface area contributed by atoms with Crippen LogP contribution >= 0.6 is 11.8 Å². The van der Waals surface area contributed by atoms with Crippen molar-refractivity contribution in [3.8, 4) is 11.5 Å². The summed E-state index contributed by atoms with van der Waals surface area (Å²) >= 11 is 0.853. The lowest BCUT2D eigenvalue weighted by molar-refractivity contribution is -0.136. The highest BCUT2D eigenvalue weighted by atomic mass is 32.2. The van der Waals surface area contributed by atoms with Crippen molar-refractivity contribution in [1.82, 2.24) is 9.80 Å². The summed E-state index contributed by atoms with van der Waals surface area (Å²) in [5.74, 6) is 0.544. The van der Waals surface area contributed by atoms with E-state index in [1.54, 1.807) is 23.1 Å². The third-order valence-electron chi connectivity index (χ3n) is 5.96. The number of imide groups is 1. The predicted octanol–water partition coefficient (Wildman–Crippen LogP) is 5.02. The molecule has 0 radical (unpaired) electrons. The second-order valence-electron chi connectivity index (χ2n) is 8.62. The average Bonchev–Trinajstić information content (AvgIpc) is 3.12. The fourth-order valence-corrected chi connectivity index (χ4v) is 4.85. The zero-order valence-corrected chi connectivity index (χ0v) is 20.9. The number of ether oxygens (including phenoxy) is 2. The molecule has 7 nitrogen and oxygen atoms in total. The Balaban J connectivity index is 1.45. The Bertz CT molecular complexity index is 1120. The monoisotopic (exact) mass is 494 g/mol. The van der Waals surface area contributed by atoms with Crippen molar-refractivity contribution >= 4 is 34.9 Å².